The Balaban J connectivity index is 1.24. The monoisotopic (exact) mass is 438 g/mol. The third-order valence-corrected chi connectivity index (χ3v) is 6.69. The van der Waals surface area contributed by atoms with Gasteiger partial charge in [-0.25, -0.2) is 0 Å². The van der Waals surface area contributed by atoms with Crippen LogP contribution >= 0.6 is 11.3 Å². The number of hydrogen-bond acceptors (Lipinski definition) is 5. The molecule has 4 rings (SSSR count). The second kappa shape index (κ2) is 9.83. The maximum Gasteiger partial charge on any atom is 0.291 e. The number of methoxy groups -OCH3 is 1. The van der Waals surface area contributed by atoms with Crippen LogP contribution in [0.4, 0.5) is 5.00 Å². The molecule has 31 heavy (non-hydrogen) atoms. The largest absolute Gasteiger partial charge is 0.497 e. The molecule has 6 nitrogen and oxygen atoms in total. The molecule has 2 amide bonds. The summed E-state index contributed by atoms with van der Waals surface area (Å²) in [5, 5.41) is 3.41. The minimum absolute atomic E-state index is 0.0390. The molecule has 0 aliphatic carbocycles. The molecule has 1 aliphatic heterocycles. The summed E-state index contributed by atoms with van der Waals surface area (Å²) in [4.78, 5) is 27.5. The third kappa shape index (κ3) is 5.35. The van der Waals surface area contributed by atoms with Gasteiger partial charge in [0.15, 0.2) is 5.76 Å². The zero-order valence-electron chi connectivity index (χ0n) is 17.5. The Morgan fingerprint density at radius 3 is 2.58 bits per heavy atom. The number of anilines is 1. The van der Waals surface area contributed by atoms with Crippen LogP contribution < -0.4 is 10.1 Å². The maximum absolute atomic E-state index is 12.9. The van der Waals surface area contributed by atoms with Crippen molar-refractivity contribution in [2.24, 2.45) is 5.92 Å². The molecule has 0 saturated carbocycles. The predicted octanol–water partition coefficient (Wildman–Crippen LogP) is 5.09. The predicted molar refractivity (Wildman–Crippen MR) is 121 cm³/mol. The molecule has 0 bridgehead atoms. The molecular formula is C24H26N2O4S. The highest BCUT2D eigenvalue weighted by Gasteiger charge is 2.24. The smallest absolute Gasteiger partial charge is 0.291 e. The van der Waals surface area contributed by atoms with E-state index in [9.17, 15) is 9.59 Å². The third-order valence-electron chi connectivity index (χ3n) is 5.70. The number of piperidine rings is 1. The minimum atomic E-state index is -0.316. The van der Waals surface area contributed by atoms with Crippen LogP contribution in [0.15, 0.2) is 59.2 Å². The van der Waals surface area contributed by atoms with Crippen molar-refractivity contribution in [2.45, 2.75) is 25.7 Å². The molecule has 1 N–H and O–H groups in total. The highest BCUT2D eigenvalue weighted by molar-refractivity contribution is 7.18. The molecule has 162 valence electrons. The SMILES string of the molecule is COc1ccc(CCC2CCN(C(=O)c3ccc(NC(=O)c4ccco4)s3)CC2)cc1. The van der Waals surface area contributed by atoms with Gasteiger partial charge in [0.25, 0.3) is 11.8 Å². The van der Waals surface area contributed by atoms with Gasteiger partial charge in [0.1, 0.15) is 5.75 Å². The van der Waals surface area contributed by atoms with Gasteiger partial charge in [-0.2, -0.15) is 0 Å². The van der Waals surface area contributed by atoms with Gasteiger partial charge in [-0.05, 0) is 73.6 Å². The van der Waals surface area contributed by atoms with E-state index in [2.05, 4.69) is 17.4 Å². The summed E-state index contributed by atoms with van der Waals surface area (Å²) in [6.45, 7) is 1.55. The van der Waals surface area contributed by atoms with Crippen molar-refractivity contribution in [1.29, 1.82) is 0 Å². The van der Waals surface area contributed by atoms with Gasteiger partial charge < -0.3 is 19.4 Å². The van der Waals surface area contributed by atoms with Crippen LogP contribution in [0.5, 0.6) is 5.75 Å². The molecule has 7 heteroatoms. The number of nitrogens with zero attached hydrogens (tertiary/aromatic N) is 1. The van der Waals surface area contributed by atoms with Gasteiger partial charge in [0.2, 0.25) is 0 Å². The van der Waals surface area contributed by atoms with E-state index in [4.69, 9.17) is 9.15 Å². The fraction of sp³-hybridized carbons (Fsp3) is 0.333. The topological polar surface area (TPSA) is 71.8 Å². The number of nitrogens with one attached hydrogen (secondary N) is 1. The van der Waals surface area contributed by atoms with Crippen LogP contribution in [-0.2, 0) is 6.42 Å². The lowest BCUT2D eigenvalue weighted by Crippen LogP contribution is -2.38. The second-order valence-electron chi connectivity index (χ2n) is 7.72. The summed E-state index contributed by atoms with van der Waals surface area (Å²) >= 11 is 1.30. The Bertz CT molecular complexity index is 1000. The van der Waals surface area contributed by atoms with Crippen molar-refractivity contribution in [1.82, 2.24) is 4.90 Å². The number of rotatable bonds is 7. The highest BCUT2D eigenvalue weighted by Crippen LogP contribution is 2.28. The van der Waals surface area contributed by atoms with Crippen LogP contribution in [0, 0.1) is 5.92 Å². The Morgan fingerprint density at radius 2 is 1.90 bits per heavy atom. The number of carbonyl (C=O) groups excluding carboxylic acids is 2. The zero-order valence-corrected chi connectivity index (χ0v) is 18.3. The van der Waals surface area contributed by atoms with Gasteiger partial charge in [0.05, 0.1) is 23.3 Å². The second-order valence-corrected chi connectivity index (χ2v) is 8.80. The normalized spacial score (nSPS) is 14.4. The van der Waals surface area contributed by atoms with Crippen LogP contribution in [0.1, 0.15) is 45.1 Å². The molecule has 0 unspecified atom stereocenters. The lowest BCUT2D eigenvalue weighted by molar-refractivity contribution is 0.0691. The molecule has 0 radical (unpaired) electrons. The molecule has 1 aromatic carbocycles. The molecule has 0 atom stereocenters. The molecule has 3 heterocycles. The molecule has 3 aromatic rings. The van der Waals surface area contributed by atoms with Crippen LogP contribution in [0.2, 0.25) is 0 Å². The van der Waals surface area contributed by atoms with Gasteiger partial charge in [-0.1, -0.05) is 12.1 Å². The number of likely N-dealkylation sites (tertiary alicyclic amines) is 1. The van der Waals surface area contributed by atoms with Crippen molar-refractivity contribution < 1.29 is 18.7 Å². The quantitative estimate of drug-likeness (QED) is 0.558. The number of ether oxygens (including phenoxy) is 1. The summed E-state index contributed by atoms with van der Waals surface area (Å²) in [5.74, 6) is 1.49. The van der Waals surface area contributed by atoms with Crippen molar-refractivity contribution in [3.8, 4) is 5.75 Å². The number of amides is 2. The summed E-state index contributed by atoms with van der Waals surface area (Å²) in [5.41, 5.74) is 1.32. The van der Waals surface area contributed by atoms with Gasteiger partial charge in [0, 0.05) is 13.1 Å². The van der Waals surface area contributed by atoms with Crippen LogP contribution in [0.3, 0.4) is 0 Å². The number of thiophene rings is 1. The highest BCUT2D eigenvalue weighted by atomic mass is 32.1. The molecule has 1 saturated heterocycles. The Labute approximate surface area is 185 Å². The lowest BCUT2D eigenvalue weighted by atomic mass is 9.90. The van der Waals surface area contributed by atoms with E-state index in [0.29, 0.717) is 15.8 Å². The van der Waals surface area contributed by atoms with E-state index >= 15 is 0 Å². The Morgan fingerprint density at radius 1 is 1.13 bits per heavy atom. The van der Waals surface area contributed by atoms with Crippen molar-refractivity contribution in [3.63, 3.8) is 0 Å². The molecule has 1 fully saturated rings. The maximum atomic E-state index is 12.9. The summed E-state index contributed by atoms with van der Waals surface area (Å²) in [7, 11) is 1.68. The number of benzene rings is 1. The zero-order chi connectivity index (χ0) is 21.6. The number of aryl methyl sites for hydroxylation is 1. The van der Waals surface area contributed by atoms with Gasteiger partial charge in [-0.3, -0.25) is 9.59 Å². The Hall–Kier alpha value is -3.06. The van der Waals surface area contributed by atoms with E-state index < -0.39 is 0 Å². The van der Waals surface area contributed by atoms with Gasteiger partial charge >= 0.3 is 0 Å². The van der Waals surface area contributed by atoms with Gasteiger partial charge in [-0.15, -0.1) is 11.3 Å². The number of carbonyl (C=O) groups is 2. The Kier molecular flexibility index (Phi) is 6.72. The average Bonchev–Trinajstić information content (AvgIpc) is 3.50. The van der Waals surface area contributed by atoms with E-state index in [-0.39, 0.29) is 17.6 Å². The van der Waals surface area contributed by atoms with E-state index in [1.165, 1.54) is 23.2 Å². The minimum Gasteiger partial charge on any atom is -0.497 e. The summed E-state index contributed by atoms with van der Waals surface area (Å²) in [6.07, 6.45) is 5.69. The van der Waals surface area contributed by atoms with Crippen LogP contribution in [0.25, 0.3) is 0 Å². The first-order valence-corrected chi connectivity index (χ1v) is 11.3. The van der Waals surface area contributed by atoms with Crippen molar-refractivity contribution in [3.05, 3.63) is 71.0 Å². The van der Waals surface area contributed by atoms with Crippen molar-refractivity contribution in [2.75, 3.05) is 25.5 Å². The average molecular weight is 439 g/mol. The molecule has 2 aromatic heterocycles. The van der Waals surface area contributed by atoms with E-state index in [1.54, 1.807) is 31.4 Å². The first-order chi connectivity index (χ1) is 15.1. The van der Waals surface area contributed by atoms with E-state index in [0.717, 1.165) is 44.5 Å². The van der Waals surface area contributed by atoms with Crippen molar-refractivity contribution >= 4 is 28.2 Å². The standard InChI is InChI=1S/C24H26N2O4S/c1-29-19-8-6-17(7-9-19)4-5-18-12-14-26(15-13-18)24(28)21-10-11-22(31-21)25-23(27)20-3-2-16-30-20/h2-3,6-11,16,18H,4-5,12-15H2,1H3,(H,25,27). The first-order valence-electron chi connectivity index (χ1n) is 10.5. The summed E-state index contributed by atoms with van der Waals surface area (Å²) in [6, 6.07) is 15.1. The number of furan rings is 1. The summed E-state index contributed by atoms with van der Waals surface area (Å²) < 4.78 is 10.3. The van der Waals surface area contributed by atoms with E-state index in [1.807, 2.05) is 17.0 Å². The van der Waals surface area contributed by atoms with Crippen LogP contribution in [-0.4, -0.2) is 36.9 Å². The fourth-order valence-corrected chi connectivity index (χ4v) is 4.71. The number of hydrogen-bond donors (Lipinski definition) is 1. The molecule has 0 spiro atoms. The lowest BCUT2D eigenvalue weighted by Gasteiger charge is -2.31. The fourth-order valence-electron chi connectivity index (χ4n) is 3.84. The molecular weight excluding hydrogens is 412 g/mol. The first kappa shape index (κ1) is 21.2. The molecule has 1 aliphatic rings.